The minimum absolute atomic E-state index is 0.0258. The van der Waals surface area contributed by atoms with Crippen molar-refractivity contribution in [1.82, 2.24) is 15.0 Å². The molecular formula is C20H22F3N3O5. The lowest BCUT2D eigenvalue weighted by Gasteiger charge is -2.50. The summed E-state index contributed by atoms with van der Waals surface area (Å²) in [5.74, 6) is -5.11. The molecule has 31 heavy (non-hydrogen) atoms. The zero-order valence-corrected chi connectivity index (χ0v) is 17.1. The molecule has 1 unspecified atom stereocenters. The highest BCUT2D eigenvalue weighted by Crippen LogP contribution is 2.40. The van der Waals surface area contributed by atoms with Crippen molar-refractivity contribution < 1.29 is 36.9 Å². The van der Waals surface area contributed by atoms with Crippen LogP contribution >= 0.6 is 0 Å². The third-order valence-corrected chi connectivity index (χ3v) is 5.47. The van der Waals surface area contributed by atoms with Crippen LogP contribution in [0.4, 0.5) is 13.2 Å². The number of hydrogen-bond acceptors (Lipinski definition) is 7. The normalized spacial score (nSPS) is 30.1. The van der Waals surface area contributed by atoms with Crippen molar-refractivity contribution in [2.45, 2.75) is 56.5 Å². The number of fused-ring (bicyclic) bond motifs is 1. The van der Waals surface area contributed by atoms with Crippen LogP contribution in [-0.2, 0) is 23.7 Å². The second-order valence-electron chi connectivity index (χ2n) is 7.94. The van der Waals surface area contributed by atoms with Gasteiger partial charge in [0.25, 0.3) is 0 Å². The zero-order valence-electron chi connectivity index (χ0n) is 17.1. The molecule has 1 aromatic carbocycles. The summed E-state index contributed by atoms with van der Waals surface area (Å²) in [4.78, 5) is 11.2. The van der Waals surface area contributed by atoms with Gasteiger partial charge in [-0.25, -0.2) is 17.9 Å². The number of nitrogens with zero attached hydrogens (tertiary/aromatic N) is 3. The van der Waals surface area contributed by atoms with E-state index in [1.165, 1.54) is 18.0 Å². The molecule has 0 amide bonds. The standard InChI is InChI=1S/C20H22F3N3O5/c1-20(2)29-9-15-19(31-20)17(18(28-3)14(30-15)4-5-27)26-8-13(24-25-26)10-6-11(21)16(23)12(22)7-10/h5-8,14-15,17-19H,4,9H2,1-3H3/t14-,15-,17?,18+,19+/m1/s1. The lowest BCUT2D eigenvalue weighted by Crippen LogP contribution is -2.62. The monoisotopic (exact) mass is 441 g/mol. The molecule has 0 spiro atoms. The summed E-state index contributed by atoms with van der Waals surface area (Å²) in [6.07, 6.45) is 0.00837. The van der Waals surface area contributed by atoms with Crippen molar-refractivity contribution in [2.75, 3.05) is 13.7 Å². The van der Waals surface area contributed by atoms with E-state index in [9.17, 15) is 18.0 Å². The van der Waals surface area contributed by atoms with Crippen molar-refractivity contribution in [1.29, 1.82) is 0 Å². The second-order valence-corrected chi connectivity index (χ2v) is 7.94. The number of carbonyl (C=O) groups excluding carboxylic acids is 1. The molecule has 2 aromatic rings. The molecule has 0 bridgehead atoms. The number of carbonyl (C=O) groups is 1. The Labute approximate surface area is 176 Å². The van der Waals surface area contributed by atoms with Gasteiger partial charge in [0, 0.05) is 19.1 Å². The Hall–Kier alpha value is -2.34. The van der Waals surface area contributed by atoms with Gasteiger partial charge in [-0.05, 0) is 26.0 Å². The summed E-state index contributed by atoms with van der Waals surface area (Å²) in [7, 11) is 1.48. The van der Waals surface area contributed by atoms with Crippen LogP contribution in [0, 0.1) is 17.5 Å². The van der Waals surface area contributed by atoms with Crippen LogP contribution in [0.3, 0.4) is 0 Å². The van der Waals surface area contributed by atoms with Crippen molar-refractivity contribution in [3.63, 3.8) is 0 Å². The van der Waals surface area contributed by atoms with E-state index < -0.39 is 53.7 Å². The number of rotatable bonds is 5. The van der Waals surface area contributed by atoms with E-state index in [1.54, 1.807) is 13.8 Å². The van der Waals surface area contributed by atoms with E-state index in [2.05, 4.69) is 10.3 Å². The molecule has 3 heterocycles. The van der Waals surface area contributed by atoms with E-state index in [1.807, 2.05) is 0 Å². The Bertz CT molecular complexity index is 946. The fourth-order valence-corrected chi connectivity index (χ4v) is 4.07. The van der Waals surface area contributed by atoms with Gasteiger partial charge < -0.3 is 23.7 Å². The topological polar surface area (TPSA) is 84.7 Å². The van der Waals surface area contributed by atoms with Crippen molar-refractivity contribution in [3.05, 3.63) is 35.8 Å². The summed E-state index contributed by atoms with van der Waals surface area (Å²) >= 11 is 0. The lowest BCUT2D eigenvalue weighted by molar-refractivity contribution is -0.349. The predicted molar refractivity (Wildman–Crippen MR) is 99.4 cm³/mol. The molecule has 168 valence electrons. The SMILES string of the molecule is CO[C@@H]1C(n2cc(-c3cc(F)c(F)c(F)c3)nn2)[C@H]2OC(C)(C)OC[C@H]2O[C@@H]1CC=O. The van der Waals surface area contributed by atoms with E-state index in [-0.39, 0.29) is 24.3 Å². The molecule has 11 heteroatoms. The Morgan fingerprint density at radius 1 is 1.29 bits per heavy atom. The van der Waals surface area contributed by atoms with Gasteiger partial charge in [0.05, 0.1) is 18.9 Å². The molecule has 2 saturated heterocycles. The molecule has 2 aliphatic rings. The lowest BCUT2D eigenvalue weighted by atomic mass is 9.90. The highest BCUT2D eigenvalue weighted by atomic mass is 19.2. The maximum absolute atomic E-state index is 13.7. The highest BCUT2D eigenvalue weighted by Gasteiger charge is 2.52. The van der Waals surface area contributed by atoms with Crippen LogP contribution in [0.2, 0.25) is 0 Å². The number of aldehydes is 1. The molecular weight excluding hydrogens is 419 g/mol. The highest BCUT2D eigenvalue weighted by molar-refractivity contribution is 5.58. The van der Waals surface area contributed by atoms with Crippen molar-refractivity contribution in [3.8, 4) is 11.3 Å². The fourth-order valence-electron chi connectivity index (χ4n) is 4.07. The minimum Gasteiger partial charge on any atom is -0.376 e. The van der Waals surface area contributed by atoms with E-state index in [4.69, 9.17) is 18.9 Å². The first-order valence-electron chi connectivity index (χ1n) is 9.74. The van der Waals surface area contributed by atoms with Gasteiger partial charge in [0.2, 0.25) is 0 Å². The zero-order chi connectivity index (χ0) is 22.3. The number of benzene rings is 1. The van der Waals surface area contributed by atoms with Gasteiger partial charge >= 0.3 is 0 Å². The first-order chi connectivity index (χ1) is 14.7. The molecule has 0 saturated carbocycles. The Balaban J connectivity index is 1.73. The Morgan fingerprint density at radius 3 is 2.65 bits per heavy atom. The van der Waals surface area contributed by atoms with Gasteiger partial charge in [-0.1, -0.05) is 5.21 Å². The van der Waals surface area contributed by atoms with Crippen molar-refractivity contribution >= 4 is 6.29 Å². The summed E-state index contributed by atoms with van der Waals surface area (Å²) in [5.41, 5.74) is 0.159. The Kier molecular flexibility index (Phi) is 5.86. The molecule has 5 atom stereocenters. The average molecular weight is 441 g/mol. The smallest absolute Gasteiger partial charge is 0.194 e. The maximum atomic E-state index is 13.7. The predicted octanol–water partition coefficient (Wildman–Crippen LogP) is 2.43. The van der Waals surface area contributed by atoms with Crippen LogP contribution in [-0.4, -0.2) is 65.2 Å². The summed E-state index contributed by atoms with van der Waals surface area (Å²) in [6.45, 7) is 3.75. The van der Waals surface area contributed by atoms with Gasteiger partial charge in [0.15, 0.2) is 23.2 Å². The summed E-state index contributed by atoms with van der Waals surface area (Å²) in [5, 5.41) is 8.10. The molecule has 4 rings (SSSR count). The quantitative estimate of drug-likeness (QED) is 0.521. The number of halogens is 3. The number of ether oxygens (including phenoxy) is 4. The van der Waals surface area contributed by atoms with Crippen LogP contribution in [0.5, 0.6) is 0 Å². The van der Waals surface area contributed by atoms with Gasteiger partial charge in [-0.2, -0.15) is 0 Å². The summed E-state index contributed by atoms with van der Waals surface area (Å²) in [6, 6.07) is 1.11. The maximum Gasteiger partial charge on any atom is 0.194 e. The second kappa shape index (κ2) is 8.30. The molecule has 0 N–H and O–H groups in total. The third-order valence-electron chi connectivity index (χ3n) is 5.47. The van der Waals surface area contributed by atoms with Gasteiger partial charge in [-0.15, -0.1) is 5.10 Å². The Morgan fingerprint density at radius 2 is 2.00 bits per heavy atom. The van der Waals surface area contributed by atoms with Crippen molar-refractivity contribution in [2.24, 2.45) is 0 Å². The van der Waals surface area contributed by atoms with Crippen LogP contribution in [0.1, 0.15) is 26.3 Å². The molecule has 2 fully saturated rings. The van der Waals surface area contributed by atoms with E-state index in [0.29, 0.717) is 0 Å². The molecule has 8 nitrogen and oxygen atoms in total. The first kappa shape index (κ1) is 21.9. The van der Waals surface area contributed by atoms with Crippen LogP contribution in [0.15, 0.2) is 18.3 Å². The molecule has 2 aliphatic heterocycles. The largest absolute Gasteiger partial charge is 0.376 e. The van der Waals surface area contributed by atoms with Crippen LogP contribution < -0.4 is 0 Å². The van der Waals surface area contributed by atoms with E-state index >= 15 is 0 Å². The van der Waals surface area contributed by atoms with E-state index in [0.717, 1.165) is 18.4 Å². The fraction of sp³-hybridized carbons (Fsp3) is 0.550. The average Bonchev–Trinajstić information content (AvgIpc) is 3.20. The molecule has 0 aliphatic carbocycles. The van der Waals surface area contributed by atoms with Gasteiger partial charge in [-0.3, -0.25) is 0 Å². The minimum atomic E-state index is -1.56. The number of aromatic nitrogens is 3. The van der Waals surface area contributed by atoms with Gasteiger partial charge in [0.1, 0.15) is 36.3 Å². The van der Waals surface area contributed by atoms with Crippen LogP contribution in [0.25, 0.3) is 11.3 Å². The molecule has 0 radical (unpaired) electrons. The first-order valence-corrected chi connectivity index (χ1v) is 9.74. The number of hydrogen-bond donors (Lipinski definition) is 0. The molecule has 1 aromatic heterocycles. The summed E-state index contributed by atoms with van der Waals surface area (Å²) < 4.78 is 65.6. The third kappa shape index (κ3) is 4.10. The number of methoxy groups -OCH3 is 1.